The van der Waals surface area contributed by atoms with Gasteiger partial charge in [0.1, 0.15) is 0 Å². The molecule has 0 aliphatic rings. The highest BCUT2D eigenvalue weighted by atomic mass is 32.2. The Hall–Kier alpha value is -2.45. The molecule has 0 radical (unpaired) electrons. The highest BCUT2D eigenvalue weighted by Gasteiger charge is 2.23. The minimum absolute atomic E-state index is 0.159. The summed E-state index contributed by atoms with van der Waals surface area (Å²) in [6, 6.07) is 15.2. The van der Waals surface area contributed by atoms with Crippen molar-refractivity contribution in [2.75, 3.05) is 16.2 Å². The van der Waals surface area contributed by atoms with E-state index in [0.717, 1.165) is 0 Å². The number of rotatable bonds is 7. The van der Waals surface area contributed by atoms with Gasteiger partial charge in [-0.1, -0.05) is 32.0 Å². The van der Waals surface area contributed by atoms with E-state index >= 15 is 0 Å². The first kappa shape index (κ1) is 21.8. The van der Waals surface area contributed by atoms with E-state index in [0.29, 0.717) is 24.3 Å². The summed E-state index contributed by atoms with van der Waals surface area (Å²) < 4.78 is 27.3. The van der Waals surface area contributed by atoms with Crippen molar-refractivity contribution in [3.05, 3.63) is 54.6 Å². The van der Waals surface area contributed by atoms with Crippen LogP contribution in [0.3, 0.4) is 0 Å². The van der Waals surface area contributed by atoms with Gasteiger partial charge in [0.15, 0.2) is 5.11 Å². The summed E-state index contributed by atoms with van der Waals surface area (Å²) in [5.41, 5.74) is 1.21. The van der Waals surface area contributed by atoms with E-state index in [1.54, 1.807) is 43.3 Å². The van der Waals surface area contributed by atoms with Crippen LogP contribution in [-0.4, -0.2) is 26.0 Å². The van der Waals surface area contributed by atoms with Crippen molar-refractivity contribution in [3.8, 4) is 0 Å². The SMILES string of the molecule is CCN(c1ccccc1)S(=O)(=O)c1ccc(NC(=S)NC(=O)CC(C)C)cc1. The molecule has 2 rings (SSSR count). The van der Waals surface area contributed by atoms with E-state index in [4.69, 9.17) is 12.2 Å². The van der Waals surface area contributed by atoms with Gasteiger partial charge >= 0.3 is 0 Å². The normalized spacial score (nSPS) is 11.1. The maximum absolute atomic E-state index is 13.0. The Morgan fingerprint density at radius 1 is 1.07 bits per heavy atom. The third-order valence-electron chi connectivity index (χ3n) is 3.88. The van der Waals surface area contributed by atoms with Crippen LogP contribution in [0.25, 0.3) is 0 Å². The molecule has 0 heterocycles. The second-order valence-electron chi connectivity index (χ2n) is 6.63. The Bertz CT molecular complexity index is 911. The van der Waals surface area contributed by atoms with Gasteiger partial charge in [-0.15, -0.1) is 0 Å². The quantitative estimate of drug-likeness (QED) is 0.668. The maximum Gasteiger partial charge on any atom is 0.264 e. The van der Waals surface area contributed by atoms with Crippen molar-refractivity contribution < 1.29 is 13.2 Å². The average Bonchev–Trinajstić information content (AvgIpc) is 2.62. The minimum atomic E-state index is -3.68. The number of benzene rings is 2. The topological polar surface area (TPSA) is 78.5 Å². The van der Waals surface area contributed by atoms with Crippen LogP contribution < -0.4 is 14.9 Å². The van der Waals surface area contributed by atoms with Gasteiger partial charge in [-0.25, -0.2) is 8.42 Å². The van der Waals surface area contributed by atoms with E-state index in [1.165, 1.54) is 16.4 Å². The molecule has 1 amide bonds. The monoisotopic (exact) mass is 419 g/mol. The maximum atomic E-state index is 13.0. The second kappa shape index (κ2) is 9.66. The highest BCUT2D eigenvalue weighted by Crippen LogP contribution is 2.24. The van der Waals surface area contributed by atoms with Crippen LogP contribution in [0, 0.1) is 5.92 Å². The van der Waals surface area contributed by atoms with Crippen molar-refractivity contribution in [2.24, 2.45) is 5.92 Å². The smallest absolute Gasteiger partial charge is 0.264 e. The predicted molar refractivity (Wildman–Crippen MR) is 117 cm³/mol. The number of para-hydroxylation sites is 1. The van der Waals surface area contributed by atoms with Gasteiger partial charge in [0.25, 0.3) is 10.0 Å². The molecule has 0 aliphatic carbocycles. The van der Waals surface area contributed by atoms with Crippen LogP contribution >= 0.6 is 12.2 Å². The number of carbonyl (C=O) groups is 1. The fourth-order valence-corrected chi connectivity index (χ4v) is 4.34. The molecule has 0 spiro atoms. The lowest BCUT2D eigenvalue weighted by molar-refractivity contribution is -0.120. The molecule has 0 aromatic heterocycles. The summed E-state index contributed by atoms with van der Waals surface area (Å²) in [4.78, 5) is 11.9. The minimum Gasteiger partial charge on any atom is -0.332 e. The lowest BCUT2D eigenvalue weighted by Crippen LogP contribution is -2.34. The molecule has 0 atom stereocenters. The first-order chi connectivity index (χ1) is 13.2. The summed E-state index contributed by atoms with van der Waals surface area (Å²) in [5.74, 6) is 0.0755. The van der Waals surface area contributed by atoms with Gasteiger partial charge in [-0.05, 0) is 61.5 Å². The summed E-state index contributed by atoms with van der Waals surface area (Å²) in [7, 11) is -3.68. The molecular weight excluding hydrogens is 394 g/mol. The zero-order chi connectivity index (χ0) is 20.7. The molecular formula is C20H25N3O3S2. The molecule has 2 N–H and O–H groups in total. The van der Waals surface area contributed by atoms with Crippen LogP contribution in [0.5, 0.6) is 0 Å². The van der Waals surface area contributed by atoms with Gasteiger partial charge in [0, 0.05) is 18.7 Å². The van der Waals surface area contributed by atoms with Gasteiger partial charge < -0.3 is 10.6 Å². The average molecular weight is 420 g/mol. The Labute approximate surface area is 172 Å². The molecule has 0 saturated heterocycles. The van der Waals surface area contributed by atoms with E-state index in [2.05, 4.69) is 10.6 Å². The molecule has 150 valence electrons. The zero-order valence-electron chi connectivity index (χ0n) is 16.2. The van der Waals surface area contributed by atoms with Crippen molar-refractivity contribution in [3.63, 3.8) is 0 Å². The standard InChI is InChI=1S/C20H25N3O3S2/c1-4-23(17-8-6-5-7-9-17)28(25,26)18-12-10-16(11-13-18)21-20(27)22-19(24)14-15(2)3/h5-13,15H,4,14H2,1-3H3,(H2,21,22,24,27). The number of thiocarbonyl (C=S) groups is 1. The number of nitrogens with zero attached hydrogens (tertiary/aromatic N) is 1. The molecule has 8 heteroatoms. The van der Waals surface area contributed by atoms with Crippen molar-refractivity contribution in [2.45, 2.75) is 32.1 Å². The van der Waals surface area contributed by atoms with E-state index in [1.807, 2.05) is 19.9 Å². The number of amides is 1. The Morgan fingerprint density at radius 3 is 2.21 bits per heavy atom. The molecule has 0 saturated carbocycles. The van der Waals surface area contributed by atoms with E-state index in [-0.39, 0.29) is 21.8 Å². The van der Waals surface area contributed by atoms with Crippen LogP contribution in [0.2, 0.25) is 0 Å². The summed E-state index contributed by atoms with van der Waals surface area (Å²) >= 11 is 5.13. The second-order valence-corrected chi connectivity index (χ2v) is 8.90. The number of sulfonamides is 1. The van der Waals surface area contributed by atoms with Crippen molar-refractivity contribution in [1.29, 1.82) is 0 Å². The Balaban J connectivity index is 2.10. The third-order valence-corrected chi connectivity index (χ3v) is 6.00. The molecule has 0 unspecified atom stereocenters. The third kappa shape index (κ3) is 5.77. The molecule has 6 nitrogen and oxygen atoms in total. The van der Waals surface area contributed by atoms with Crippen LogP contribution in [0.4, 0.5) is 11.4 Å². The number of hydrogen-bond acceptors (Lipinski definition) is 4. The van der Waals surface area contributed by atoms with Crippen LogP contribution in [0.15, 0.2) is 59.5 Å². The van der Waals surface area contributed by atoms with Gasteiger partial charge in [-0.3, -0.25) is 9.10 Å². The zero-order valence-corrected chi connectivity index (χ0v) is 17.8. The number of anilines is 2. The lowest BCUT2D eigenvalue weighted by atomic mass is 10.1. The highest BCUT2D eigenvalue weighted by molar-refractivity contribution is 7.92. The van der Waals surface area contributed by atoms with Gasteiger partial charge in [0.05, 0.1) is 10.6 Å². The number of nitrogens with one attached hydrogen (secondary N) is 2. The fourth-order valence-electron chi connectivity index (χ4n) is 2.63. The van der Waals surface area contributed by atoms with Crippen molar-refractivity contribution in [1.82, 2.24) is 5.32 Å². The van der Waals surface area contributed by atoms with Crippen molar-refractivity contribution >= 4 is 44.6 Å². The van der Waals surface area contributed by atoms with Crippen LogP contribution in [0.1, 0.15) is 27.2 Å². The Kier molecular flexibility index (Phi) is 7.53. The molecule has 28 heavy (non-hydrogen) atoms. The summed E-state index contributed by atoms with van der Waals surface area (Å²) in [5, 5.41) is 5.68. The van der Waals surface area contributed by atoms with E-state index < -0.39 is 10.0 Å². The summed E-state index contributed by atoms with van der Waals surface area (Å²) in [6.45, 7) is 6.01. The number of hydrogen-bond donors (Lipinski definition) is 2. The van der Waals surface area contributed by atoms with Crippen LogP contribution in [-0.2, 0) is 14.8 Å². The largest absolute Gasteiger partial charge is 0.332 e. The molecule has 0 bridgehead atoms. The first-order valence-corrected chi connectivity index (χ1v) is 10.9. The molecule has 0 aliphatic heterocycles. The molecule has 0 fully saturated rings. The number of carbonyl (C=O) groups excluding carboxylic acids is 1. The predicted octanol–water partition coefficient (Wildman–Crippen LogP) is 3.76. The lowest BCUT2D eigenvalue weighted by Gasteiger charge is -2.23. The van der Waals surface area contributed by atoms with Gasteiger partial charge in [0.2, 0.25) is 5.91 Å². The molecule has 2 aromatic carbocycles. The Morgan fingerprint density at radius 2 is 1.68 bits per heavy atom. The summed E-state index contributed by atoms with van der Waals surface area (Å²) in [6.07, 6.45) is 0.380. The molecule has 2 aromatic rings. The van der Waals surface area contributed by atoms with Gasteiger partial charge in [-0.2, -0.15) is 0 Å². The first-order valence-electron chi connectivity index (χ1n) is 9.02. The van der Waals surface area contributed by atoms with E-state index in [9.17, 15) is 13.2 Å². The fraction of sp³-hybridized carbons (Fsp3) is 0.300.